The van der Waals surface area contributed by atoms with Crippen LogP contribution in [0.1, 0.15) is 36.0 Å². The first-order valence-corrected chi connectivity index (χ1v) is 8.82. The van der Waals surface area contributed by atoms with E-state index in [1.165, 1.54) is 0 Å². The van der Waals surface area contributed by atoms with Crippen molar-refractivity contribution in [2.24, 2.45) is 0 Å². The molecule has 26 heavy (non-hydrogen) atoms. The third kappa shape index (κ3) is 4.37. The van der Waals surface area contributed by atoms with Crippen molar-refractivity contribution in [3.05, 3.63) is 35.4 Å². The molecule has 3 rings (SSSR count). The molecule has 1 atom stereocenters. The molecule has 1 aromatic carbocycles. The largest absolute Gasteiger partial charge is 0.351 e. The van der Waals surface area contributed by atoms with E-state index in [0.29, 0.717) is 25.8 Å². The molecule has 0 aliphatic carbocycles. The monoisotopic (exact) mass is 368 g/mol. The highest BCUT2D eigenvalue weighted by Gasteiger charge is 2.35. The summed E-state index contributed by atoms with van der Waals surface area (Å²) in [4.78, 5) is 26.3. The van der Waals surface area contributed by atoms with Crippen LogP contribution in [0, 0.1) is 11.6 Å². The zero-order chi connectivity index (χ0) is 18.5. The van der Waals surface area contributed by atoms with Crippen LogP contribution in [0.15, 0.2) is 18.2 Å². The van der Waals surface area contributed by atoms with Gasteiger partial charge in [0.25, 0.3) is 5.91 Å². The average molecular weight is 368 g/mol. The van der Waals surface area contributed by atoms with Crippen LogP contribution < -0.4 is 5.32 Å². The second-order valence-electron chi connectivity index (χ2n) is 6.39. The van der Waals surface area contributed by atoms with Gasteiger partial charge in [0.15, 0.2) is 6.29 Å². The Kier molecular flexibility index (Phi) is 6.16. The minimum Gasteiger partial charge on any atom is -0.351 e. The molecule has 2 heterocycles. The first-order valence-electron chi connectivity index (χ1n) is 8.82. The summed E-state index contributed by atoms with van der Waals surface area (Å²) in [7, 11) is 0. The predicted octanol–water partition coefficient (Wildman–Crippen LogP) is 1.84. The lowest BCUT2D eigenvalue weighted by Crippen LogP contribution is -2.50. The molecule has 0 saturated carbocycles. The quantitative estimate of drug-likeness (QED) is 0.861. The number of ether oxygens (including phenoxy) is 2. The van der Waals surface area contributed by atoms with E-state index in [0.717, 1.165) is 31.4 Å². The van der Waals surface area contributed by atoms with Gasteiger partial charge in [-0.2, -0.15) is 0 Å². The number of halogens is 2. The molecule has 0 bridgehead atoms. The van der Waals surface area contributed by atoms with Gasteiger partial charge < -0.3 is 19.7 Å². The van der Waals surface area contributed by atoms with Crippen molar-refractivity contribution in [1.82, 2.24) is 10.2 Å². The van der Waals surface area contributed by atoms with Crippen LogP contribution in [-0.2, 0) is 14.3 Å². The van der Waals surface area contributed by atoms with E-state index in [9.17, 15) is 18.4 Å². The summed E-state index contributed by atoms with van der Waals surface area (Å²) in [6.07, 6.45) is 2.46. The molecule has 0 aromatic heterocycles. The van der Waals surface area contributed by atoms with Gasteiger partial charge in [-0.1, -0.05) is 0 Å². The van der Waals surface area contributed by atoms with Crippen LogP contribution in [-0.4, -0.2) is 55.3 Å². The normalized spacial score (nSPS) is 21.0. The lowest BCUT2D eigenvalue weighted by atomic mass is 10.0. The van der Waals surface area contributed by atoms with Crippen molar-refractivity contribution in [2.45, 2.75) is 38.0 Å². The minimum absolute atomic E-state index is 0.0735. The summed E-state index contributed by atoms with van der Waals surface area (Å²) < 4.78 is 37.6. The molecule has 8 heteroatoms. The van der Waals surface area contributed by atoms with E-state index >= 15 is 0 Å². The van der Waals surface area contributed by atoms with Gasteiger partial charge in [-0.25, -0.2) is 8.78 Å². The number of likely N-dealkylation sites (tertiary alicyclic amines) is 1. The molecule has 6 nitrogen and oxygen atoms in total. The fourth-order valence-electron chi connectivity index (χ4n) is 3.34. The summed E-state index contributed by atoms with van der Waals surface area (Å²) in [5.74, 6) is -2.45. The summed E-state index contributed by atoms with van der Waals surface area (Å²) in [6, 6.07) is 2.64. The van der Waals surface area contributed by atoms with Gasteiger partial charge in [-0.05, 0) is 31.4 Å². The van der Waals surface area contributed by atoms with Crippen molar-refractivity contribution in [3.63, 3.8) is 0 Å². The maximum Gasteiger partial charge on any atom is 0.254 e. The summed E-state index contributed by atoms with van der Waals surface area (Å²) in [5, 5.41) is 2.50. The smallest absolute Gasteiger partial charge is 0.254 e. The number of amides is 2. The van der Waals surface area contributed by atoms with E-state index in [4.69, 9.17) is 9.47 Å². The van der Waals surface area contributed by atoms with Crippen molar-refractivity contribution in [2.75, 3.05) is 26.3 Å². The Morgan fingerprint density at radius 1 is 1.19 bits per heavy atom. The topological polar surface area (TPSA) is 67.9 Å². The lowest BCUT2D eigenvalue weighted by Gasteiger charge is -2.38. The zero-order valence-electron chi connectivity index (χ0n) is 14.4. The molecular weight excluding hydrogens is 346 g/mol. The number of hydrogen-bond acceptors (Lipinski definition) is 4. The first-order chi connectivity index (χ1) is 12.6. The summed E-state index contributed by atoms with van der Waals surface area (Å²) in [6.45, 7) is 1.77. The molecule has 2 saturated heterocycles. The number of piperidine rings is 1. The molecule has 1 N–H and O–H groups in total. The predicted molar refractivity (Wildman–Crippen MR) is 88.4 cm³/mol. The summed E-state index contributed by atoms with van der Waals surface area (Å²) >= 11 is 0. The molecule has 2 fully saturated rings. The SMILES string of the molecule is O=C(NCCC(=O)N1CCCCC1C1OCCO1)c1ccc(F)cc1F. The maximum absolute atomic E-state index is 13.6. The number of carbonyl (C=O) groups excluding carboxylic acids is 2. The maximum atomic E-state index is 13.6. The number of rotatable bonds is 5. The molecule has 2 aliphatic rings. The summed E-state index contributed by atoms with van der Waals surface area (Å²) in [5.41, 5.74) is -0.248. The lowest BCUT2D eigenvalue weighted by molar-refractivity contribution is -0.150. The highest BCUT2D eigenvalue weighted by Crippen LogP contribution is 2.24. The molecular formula is C18H22F2N2O4. The Morgan fingerprint density at radius 2 is 1.96 bits per heavy atom. The molecule has 1 aromatic rings. The fraction of sp³-hybridized carbons (Fsp3) is 0.556. The van der Waals surface area contributed by atoms with E-state index in [2.05, 4.69) is 5.32 Å². The van der Waals surface area contributed by atoms with Crippen LogP contribution in [0.25, 0.3) is 0 Å². The number of nitrogens with zero attached hydrogens (tertiary/aromatic N) is 1. The molecule has 1 unspecified atom stereocenters. The molecule has 2 aliphatic heterocycles. The fourth-order valence-corrected chi connectivity index (χ4v) is 3.34. The van der Waals surface area contributed by atoms with Crippen LogP contribution >= 0.6 is 0 Å². The Bertz CT molecular complexity index is 665. The van der Waals surface area contributed by atoms with Crippen LogP contribution in [0.3, 0.4) is 0 Å². The number of nitrogens with one attached hydrogen (secondary N) is 1. The Morgan fingerprint density at radius 3 is 2.69 bits per heavy atom. The standard InChI is InChI=1S/C18H22F2N2O4/c19-12-4-5-13(14(20)11-12)17(24)21-7-6-16(23)22-8-2-1-3-15(22)18-25-9-10-26-18/h4-5,11,15,18H,1-3,6-10H2,(H,21,24). The Labute approximate surface area is 150 Å². The van der Waals surface area contributed by atoms with Gasteiger partial charge in [0.2, 0.25) is 5.91 Å². The van der Waals surface area contributed by atoms with Gasteiger partial charge >= 0.3 is 0 Å². The zero-order valence-corrected chi connectivity index (χ0v) is 14.4. The van der Waals surface area contributed by atoms with Crippen molar-refractivity contribution >= 4 is 11.8 Å². The van der Waals surface area contributed by atoms with Gasteiger partial charge in [0.05, 0.1) is 24.8 Å². The Balaban J connectivity index is 1.51. The third-order valence-electron chi connectivity index (χ3n) is 4.63. The van der Waals surface area contributed by atoms with Gasteiger partial charge in [0.1, 0.15) is 11.6 Å². The van der Waals surface area contributed by atoms with Gasteiger partial charge in [0, 0.05) is 25.6 Å². The first kappa shape index (κ1) is 18.7. The number of carbonyl (C=O) groups is 2. The van der Waals surface area contributed by atoms with Crippen LogP contribution in [0.5, 0.6) is 0 Å². The van der Waals surface area contributed by atoms with Crippen LogP contribution in [0.2, 0.25) is 0 Å². The number of benzene rings is 1. The third-order valence-corrected chi connectivity index (χ3v) is 4.63. The van der Waals surface area contributed by atoms with E-state index in [-0.39, 0.29) is 36.8 Å². The second kappa shape index (κ2) is 8.55. The van der Waals surface area contributed by atoms with Gasteiger partial charge in [-0.3, -0.25) is 9.59 Å². The highest BCUT2D eigenvalue weighted by molar-refractivity contribution is 5.94. The minimum atomic E-state index is -0.930. The number of hydrogen-bond donors (Lipinski definition) is 1. The molecule has 142 valence electrons. The highest BCUT2D eigenvalue weighted by atomic mass is 19.1. The average Bonchev–Trinajstić information content (AvgIpc) is 3.16. The van der Waals surface area contributed by atoms with Crippen molar-refractivity contribution in [1.29, 1.82) is 0 Å². The van der Waals surface area contributed by atoms with E-state index in [1.54, 1.807) is 4.90 Å². The van der Waals surface area contributed by atoms with E-state index in [1.807, 2.05) is 0 Å². The second-order valence-corrected chi connectivity index (χ2v) is 6.39. The molecule has 2 amide bonds. The molecule has 0 radical (unpaired) electrons. The van der Waals surface area contributed by atoms with Crippen LogP contribution in [0.4, 0.5) is 8.78 Å². The van der Waals surface area contributed by atoms with E-state index < -0.39 is 17.5 Å². The van der Waals surface area contributed by atoms with Crippen molar-refractivity contribution in [3.8, 4) is 0 Å². The van der Waals surface area contributed by atoms with Gasteiger partial charge in [-0.15, -0.1) is 0 Å². The Hall–Kier alpha value is -2.06. The van der Waals surface area contributed by atoms with Crippen molar-refractivity contribution < 1.29 is 27.8 Å². The molecule has 0 spiro atoms.